The zero-order valence-electron chi connectivity index (χ0n) is 17.6. The van der Waals surface area contributed by atoms with Gasteiger partial charge in [0.15, 0.2) is 6.10 Å². The van der Waals surface area contributed by atoms with Crippen molar-refractivity contribution in [2.45, 2.75) is 31.8 Å². The number of nitrogens with zero attached hydrogens (tertiary/aromatic N) is 1. The van der Waals surface area contributed by atoms with Crippen LogP contribution >= 0.6 is 0 Å². The molecule has 1 aliphatic heterocycles. The minimum atomic E-state index is -3.87. The summed E-state index contributed by atoms with van der Waals surface area (Å²) in [5.74, 6) is -0.0456. The molecular formula is C24H24N2O4S. The molecule has 3 aromatic rings. The number of carbonyl (C=O) groups is 1. The van der Waals surface area contributed by atoms with Gasteiger partial charge in [-0.05, 0) is 56.7 Å². The molecule has 0 radical (unpaired) electrons. The van der Waals surface area contributed by atoms with Gasteiger partial charge >= 0.3 is 0 Å². The Morgan fingerprint density at radius 2 is 1.65 bits per heavy atom. The lowest BCUT2D eigenvalue weighted by atomic mass is 10.1. The molecule has 1 atom stereocenters. The van der Waals surface area contributed by atoms with Crippen molar-refractivity contribution in [3.05, 3.63) is 83.4 Å². The number of rotatable bonds is 4. The lowest BCUT2D eigenvalue weighted by Gasteiger charge is -2.34. The first kappa shape index (κ1) is 20.9. The van der Waals surface area contributed by atoms with Gasteiger partial charge in [0.25, 0.3) is 15.9 Å². The lowest BCUT2D eigenvalue weighted by molar-refractivity contribution is -0.122. The van der Waals surface area contributed by atoms with Gasteiger partial charge in [0.2, 0.25) is 0 Å². The molecule has 3 aromatic carbocycles. The van der Waals surface area contributed by atoms with Gasteiger partial charge in [0, 0.05) is 5.69 Å². The maximum Gasteiger partial charge on any atom is 0.267 e. The average Bonchev–Trinajstić information content (AvgIpc) is 2.75. The monoisotopic (exact) mass is 436 g/mol. The van der Waals surface area contributed by atoms with Crippen LogP contribution in [0.1, 0.15) is 16.7 Å². The summed E-state index contributed by atoms with van der Waals surface area (Å²) in [5, 5.41) is 2.87. The molecule has 1 aliphatic rings. The molecule has 0 spiro atoms. The molecule has 0 fully saturated rings. The molecule has 4 rings (SSSR count). The molecule has 6 nitrogen and oxygen atoms in total. The molecule has 1 N–H and O–H groups in total. The van der Waals surface area contributed by atoms with Crippen molar-refractivity contribution < 1.29 is 17.9 Å². The number of nitrogens with one attached hydrogen (secondary N) is 1. The van der Waals surface area contributed by atoms with Gasteiger partial charge in [-0.1, -0.05) is 47.5 Å². The fraction of sp³-hybridized carbons (Fsp3) is 0.208. The molecule has 1 heterocycles. The van der Waals surface area contributed by atoms with Crippen LogP contribution in [-0.2, 0) is 14.8 Å². The van der Waals surface area contributed by atoms with E-state index >= 15 is 0 Å². The largest absolute Gasteiger partial charge is 0.476 e. The van der Waals surface area contributed by atoms with E-state index in [0.717, 1.165) is 16.7 Å². The van der Waals surface area contributed by atoms with Crippen LogP contribution in [0.4, 0.5) is 11.4 Å². The smallest absolute Gasteiger partial charge is 0.267 e. The minimum absolute atomic E-state index is 0.121. The van der Waals surface area contributed by atoms with Crippen molar-refractivity contribution in [3.63, 3.8) is 0 Å². The molecule has 160 valence electrons. The molecule has 0 aliphatic carbocycles. The van der Waals surface area contributed by atoms with Crippen LogP contribution in [0.2, 0.25) is 0 Å². The summed E-state index contributed by atoms with van der Waals surface area (Å²) < 4.78 is 34.0. The van der Waals surface area contributed by atoms with Crippen molar-refractivity contribution in [1.82, 2.24) is 0 Å². The number of hydrogen-bond donors (Lipinski definition) is 1. The minimum Gasteiger partial charge on any atom is -0.476 e. The maximum absolute atomic E-state index is 13.4. The van der Waals surface area contributed by atoms with Crippen molar-refractivity contribution in [2.75, 3.05) is 16.2 Å². The Labute approximate surface area is 182 Å². The summed E-state index contributed by atoms with van der Waals surface area (Å²) in [6.07, 6.45) is -0.990. The van der Waals surface area contributed by atoms with E-state index in [1.165, 1.54) is 4.31 Å². The predicted octanol–water partition coefficient (Wildman–Crippen LogP) is 4.21. The Morgan fingerprint density at radius 3 is 2.35 bits per heavy atom. The average molecular weight is 437 g/mol. The third-order valence-electron chi connectivity index (χ3n) is 5.28. The van der Waals surface area contributed by atoms with E-state index in [2.05, 4.69) is 5.32 Å². The van der Waals surface area contributed by atoms with E-state index in [0.29, 0.717) is 17.1 Å². The fourth-order valence-corrected chi connectivity index (χ4v) is 5.05. The van der Waals surface area contributed by atoms with Gasteiger partial charge in [-0.15, -0.1) is 0 Å². The standard InChI is InChI=1S/C24H24N2O4S/c1-16-8-11-19(12-9-16)31(28,29)26-15-23(30-22-7-5-4-6-21(22)26)24(27)25-20-13-10-17(2)14-18(20)3/h4-14,23H,15H2,1-3H3,(H,25,27)/t23-/m1/s1. The van der Waals surface area contributed by atoms with Crippen molar-refractivity contribution in [2.24, 2.45) is 0 Å². The Hall–Kier alpha value is -3.32. The summed E-state index contributed by atoms with van der Waals surface area (Å²) in [5.41, 5.74) is 4.07. The summed E-state index contributed by atoms with van der Waals surface area (Å²) in [6, 6.07) is 19.2. The number of ether oxygens (including phenoxy) is 1. The highest BCUT2D eigenvalue weighted by Gasteiger charge is 2.37. The van der Waals surface area contributed by atoms with Crippen molar-refractivity contribution >= 4 is 27.3 Å². The number of para-hydroxylation sites is 2. The Kier molecular flexibility index (Phi) is 5.45. The van der Waals surface area contributed by atoms with E-state index in [-0.39, 0.29) is 11.4 Å². The number of hydrogen-bond acceptors (Lipinski definition) is 4. The van der Waals surface area contributed by atoms with Crippen LogP contribution in [0, 0.1) is 20.8 Å². The lowest BCUT2D eigenvalue weighted by Crippen LogP contribution is -2.48. The van der Waals surface area contributed by atoms with Crippen LogP contribution in [-0.4, -0.2) is 27.0 Å². The molecule has 1 amide bonds. The first-order valence-electron chi connectivity index (χ1n) is 9.99. The van der Waals surface area contributed by atoms with E-state index in [9.17, 15) is 13.2 Å². The van der Waals surface area contributed by atoms with Crippen LogP contribution in [0.25, 0.3) is 0 Å². The van der Waals surface area contributed by atoms with Gasteiger partial charge in [0.1, 0.15) is 5.75 Å². The van der Waals surface area contributed by atoms with E-state index in [4.69, 9.17) is 4.74 Å². The van der Waals surface area contributed by atoms with Gasteiger partial charge < -0.3 is 10.1 Å². The molecule has 31 heavy (non-hydrogen) atoms. The van der Waals surface area contributed by atoms with Gasteiger partial charge in [0.05, 0.1) is 17.1 Å². The summed E-state index contributed by atoms with van der Waals surface area (Å²) in [6.45, 7) is 5.67. The predicted molar refractivity (Wildman–Crippen MR) is 121 cm³/mol. The van der Waals surface area contributed by atoms with E-state index in [1.807, 2.05) is 39.0 Å². The highest BCUT2D eigenvalue weighted by molar-refractivity contribution is 7.92. The number of carbonyl (C=O) groups excluding carboxylic acids is 1. The molecule has 0 bridgehead atoms. The van der Waals surface area contributed by atoms with Crippen LogP contribution in [0.5, 0.6) is 5.75 Å². The molecule has 0 saturated heterocycles. The second-order valence-electron chi connectivity index (χ2n) is 7.73. The second kappa shape index (κ2) is 8.07. The molecule has 0 unspecified atom stereocenters. The third-order valence-corrected chi connectivity index (χ3v) is 7.07. The van der Waals surface area contributed by atoms with E-state index in [1.54, 1.807) is 48.5 Å². The zero-order chi connectivity index (χ0) is 22.2. The van der Waals surface area contributed by atoms with Crippen LogP contribution in [0.15, 0.2) is 71.6 Å². The molecule has 7 heteroatoms. The maximum atomic E-state index is 13.4. The summed E-state index contributed by atoms with van der Waals surface area (Å²) in [4.78, 5) is 13.2. The quantitative estimate of drug-likeness (QED) is 0.665. The van der Waals surface area contributed by atoms with Gasteiger partial charge in [-0.25, -0.2) is 8.42 Å². The summed E-state index contributed by atoms with van der Waals surface area (Å²) in [7, 11) is -3.87. The number of benzene rings is 3. The molecule has 0 aromatic heterocycles. The van der Waals surface area contributed by atoms with Gasteiger partial charge in [-0.3, -0.25) is 9.10 Å². The zero-order valence-corrected chi connectivity index (χ0v) is 18.4. The van der Waals surface area contributed by atoms with Crippen molar-refractivity contribution in [3.8, 4) is 5.75 Å². The first-order chi connectivity index (χ1) is 14.8. The summed E-state index contributed by atoms with van der Waals surface area (Å²) >= 11 is 0. The third kappa shape index (κ3) is 4.14. The van der Waals surface area contributed by atoms with E-state index < -0.39 is 22.0 Å². The van der Waals surface area contributed by atoms with Crippen LogP contribution in [0.3, 0.4) is 0 Å². The number of sulfonamides is 1. The molecular weight excluding hydrogens is 412 g/mol. The van der Waals surface area contributed by atoms with Crippen LogP contribution < -0.4 is 14.4 Å². The first-order valence-corrected chi connectivity index (χ1v) is 11.4. The highest BCUT2D eigenvalue weighted by atomic mass is 32.2. The number of amides is 1. The SMILES string of the molecule is Cc1ccc(S(=O)(=O)N2C[C@H](C(=O)Nc3ccc(C)cc3C)Oc3ccccc32)cc1. The second-order valence-corrected chi connectivity index (χ2v) is 9.59. The number of aryl methyl sites for hydroxylation is 3. The highest BCUT2D eigenvalue weighted by Crippen LogP contribution is 2.37. The Morgan fingerprint density at radius 1 is 0.968 bits per heavy atom. The van der Waals surface area contributed by atoms with Crippen molar-refractivity contribution in [1.29, 1.82) is 0 Å². The fourth-order valence-electron chi connectivity index (χ4n) is 3.57. The number of anilines is 2. The number of fused-ring (bicyclic) bond motifs is 1. The van der Waals surface area contributed by atoms with Gasteiger partial charge in [-0.2, -0.15) is 0 Å². The normalized spacial score (nSPS) is 15.7. The molecule has 0 saturated carbocycles. The Balaban J connectivity index is 1.67. The topological polar surface area (TPSA) is 75.7 Å². The Bertz CT molecular complexity index is 1240.